The minimum atomic E-state index is -0.602. The van der Waals surface area contributed by atoms with Crippen LogP contribution in [-0.2, 0) is 6.42 Å². The summed E-state index contributed by atoms with van der Waals surface area (Å²) in [4.78, 5) is 0. The lowest BCUT2D eigenvalue weighted by Gasteiger charge is -2.36. The van der Waals surface area contributed by atoms with Crippen molar-refractivity contribution in [2.45, 2.75) is 45.6 Å². The van der Waals surface area contributed by atoms with E-state index in [2.05, 4.69) is 37.4 Å². The minimum Gasteiger partial charge on any atom is -0.389 e. The van der Waals surface area contributed by atoms with E-state index in [4.69, 9.17) is 0 Å². The molecule has 1 saturated heterocycles. The molecule has 1 aromatic carbocycles. The SMILES string of the molecule is Cc1ccc(CC(C)(O)C2CCCNC2)cc1C. The van der Waals surface area contributed by atoms with Crippen molar-refractivity contribution >= 4 is 0 Å². The lowest BCUT2D eigenvalue weighted by Crippen LogP contribution is -2.45. The van der Waals surface area contributed by atoms with E-state index >= 15 is 0 Å². The Morgan fingerprint density at radius 2 is 2.11 bits per heavy atom. The second kappa shape index (κ2) is 5.41. The van der Waals surface area contributed by atoms with Gasteiger partial charge < -0.3 is 10.4 Å². The third-order valence-corrected chi connectivity index (χ3v) is 4.31. The van der Waals surface area contributed by atoms with Gasteiger partial charge in [-0.15, -0.1) is 0 Å². The van der Waals surface area contributed by atoms with Crippen molar-refractivity contribution in [3.8, 4) is 0 Å². The Labute approximate surface area is 110 Å². The van der Waals surface area contributed by atoms with Crippen LogP contribution >= 0.6 is 0 Å². The Morgan fingerprint density at radius 1 is 1.33 bits per heavy atom. The highest BCUT2D eigenvalue weighted by atomic mass is 16.3. The molecule has 2 heteroatoms. The molecule has 0 bridgehead atoms. The Balaban J connectivity index is 2.08. The van der Waals surface area contributed by atoms with Gasteiger partial charge in [-0.25, -0.2) is 0 Å². The molecule has 0 spiro atoms. The number of piperidine rings is 1. The summed E-state index contributed by atoms with van der Waals surface area (Å²) in [5, 5.41) is 14.1. The fraction of sp³-hybridized carbons (Fsp3) is 0.625. The van der Waals surface area contributed by atoms with E-state index in [1.807, 2.05) is 6.92 Å². The van der Waals surface area contributed by atoms with Gasteiger partial charge in [-0.1, -0.05) is 18.2 Å². The number of benzene rings is 1. The summed E-state index contributed by atoms with van der Waals surface area (Å²) in [5.74, 6) is 0.368. The molecule has 1 aliphatic rings. The molecule has 2 unspecified atom stereocenters. The van der Waals surface area contributed by atoms with Crippen LogP contribution < -0.4 is 5.32 Å². The van der Waals surface area contributed by atoms with Gasteiger partial charge in [-0.3, -0.25) is 0 Å². The first-order valence-corrected chi connectivity index (χ1v) is 6.98. The molecule has 1 fully saturated rings. The molecule has 18 heavy (non-hydrogen) atoms. The smallest absolute Gasteiger partial charge is 0.0700 e. The number of hydrogen-bond acceptors (Lipinski definition) is 2. The third-order valence-electron chi connectivity index (χ3n) is 4.31. The average Bonchev–Trinajstić information content (AvgIpc) is 2.35. The predicted molar refractivity (Wildman–Crippen MR) is 75.8 cm³/mol. The average molecular weight is 247 g/mol. The molecule has 0 aliphatic carbocycles. The topological polar surface area (TPSA) is 32.3 Å². The van der Waals surface area contributed by atoms with E-state index < -0.39 is 5.60 Å². The van der Waals surface area contributed by atoms with Gasteiger partial charge in [0.25, 0.3) is 0 Å². The van der Waals surface area contributed by atoms with Gasteiger partial charge in [0.05, 0.1) is 5.60 Å². The predicted octanol–water partition coefficient (Wildman–Crippen LogP) is 2.60. The highest BCUT2D eigenvalue weighted by Gasteiger charge is 2.32. The summed E-state index contributed by atoms with van der Waals surface area (Å²) in [6.45, 7) is 8.28. The molecule has 0 saturated carbocycles. The van der Waals surface area contributed by atoms with Crippen LogP contribution in [0.2, 0.25) is 0 Å². The fourth-order valence-electron chi connectivity index (χ4n) is 2.85. The standard InChI is InChI=1S/C16H25NO/c1-12-6-7-14(9-13(12)2)10-16(3,18)15-5-4-8-17-11-15/h6-7,9,15,17-18H,4-5,8,10-11H2,1-3H3. The Bertz CT molecular complexity index is 406. The molecule has 0 radical (unpaired) electrons. The van der Waals surface area contributed by atoms with Crippen molar-refractivity contribution < 1.29 is 5.11 Å². The highest BCUT2D eigenvalue weighted by molar-refractivity contribution is 5.30. The van der Waals surface area contributed by atoms with Gasteiger partial charge >= 0.3 is 0 Å². The zero-order valence-electron chi connectivity index (χ0n) is 11.8. The van der Waals surface area contributed by atoms with Crippen LogP contribution in [0.1, 0.15) is 36.5 Å². The normalized spacial score (nSPS) is 23.7. The highest BCUT2D eigenvalue weighted by Crippen LogP contribution is 2.28. The lowest BCUT2D eigenvalue weighted by molar-refractivity contribution is -0.0102. The number of rotatable bonds is 3. The van der Waals surface area contributed by atoms with Crippen molar-refractivity contribution in [1.29, 1.82) is 0 Å². The number of aryl methyl sites for hydroxylation is 2. The summed E-state index contributed by atoms with van der Waals surface area (Å²) >= 11 is 0. The molecule has 0 amide bonds. The van der Waals surface area contributed by atoms with Crippen molar-refractivity contribution in [2.75, 3.05) is 13.1 Å². The number of aliphatic hydroxyl groups is 1. The fourth-order valence-corrected chi connectivity index (χ4v) is 2.85. The quantitative estimate of drug-likeness (QED) is 0.860. The molecular weight excluding hydrogens is 222 g/mol. The van der Waals surface area contributed by atoms with Crippen LogP contribution in [-0.4, -0.2) is 23.8 Å². The summed E-state index contributed by atoms with van der Waals surface area (Å²) in [6, 6.07) is 6.51. The van der Waals surface area contributed by atoms with Gasteiger partial charge in [0.15, 0.2) is 0 Å². The van der Waals surface area contributed by atoms with Crippen molar-refractivity contribution in [3.63, 3.8) is 0 Å². The molecule has 0 aromatic heterocycles. The summed E-state index contributed by atoms with van der Waals surface area (Å²) < 4.78 is 0. The summed E-state index contributed by atoms with van der Waals surface area (Å²) in [6.07, 6.45) is 3.05. The first-order chi connectivity index (χ1) is 8.49. The van der Waals surface area contributed by atoms with Crippen LogP contribution in [0.4, 0.5) is 0 Å². The van der Waals surface area contributed by atoms with Crippen molar-refractivity contribution in [2.24, 2.45) is 5.92 Å². The molecule has 2 N–H and O–H groups in total. The van der Waals surface area contributed by atoms with E-state index in [9.17, 15) is 5.11 Å². The van der Waals surface area contributed by atoms with E-state index in [1.165, 1.54) is 23.1 Å². The van der Waals surface area contributed by atoms with Crippen molar-refractivity contribution in [1.82, 2.24) is 5.32 Å². The molecule has 100 valence electrons. The third kappa shape index (κ3) is 3.12. The largest absolute Gasteiger partial charge is 0.389 e. The summed E-state index contributed by atoms with van der Waals surface area (Å²) in [7, 11) is 0. The lowest BCUT2D eigenvalue weighted by atomic mass is 9.79. The zero-order chi connectivity index (χ0) is 13.2. The van der Waals surface area contributed by atoms with Crippen molar-refractivity contribution in [3.05, 3.63) is 34.9 Å². The van der Waals surface area contributed by atoms with Gasteiger partial charge in [-0.05, 0) is 56.8 Å². The maximum absolute atomic E-state index is 10.7. The van der Waals surface area contributed by atoms with E-state index in [0.29, 0.717) is 5.92 Å². The molecule has 1 aliphatic heterocycles. The molecule has 1 aromatic rings. The Kier molecular flexibility index (Phi) is 4.08. The minimum absolute atomic E-state index is 0.368. The molecule has 2 nitrogen and oxygen atoms in total. The van der Waals surface area contributed by atoms with Gasteiger partial charge in [0, 0.05) is 18.9 Å². The monoisotopic (exact) mass is 247 g/mol. The van der Waals surface area contributed by atoms with Gasteiger partial charge in [-0.2, -0.15) is 0 Å². The number of hydrogen-bond donors (Lipinski definition) is 2. The molecule has 2 rings (SSSR count). The van der Waals surface area contributed by atoms with Crippen LogP contribution in [0.5, 0.6) is 0 Å². The van der Waals surface area contributed by atoms with Crippen LogP contribution in [0.3, 0.4) is 0 Å². The molecule has 2 atom stereocenters. The Hall–Kier alpha value is -0.860. The first kappa shape index (κ1) is 13.6. The van der Waals surface area contributed by atoms with Gasteiger partial charge in [0.2, 0.25) is 0 Å². The summed E-state index contributed by atoms with van der Waals surface area (Å²) in [5.41, 5.74) is 3.27. The van der Waals surface area contributed by atoms with Crippen LogP contribution in [0.15, 0.2) is 18.2 Å². The zero-order valence-corrected chi connectivity index (χ0v) is 11.8. The van der Waals surface area contributed by atoms with Crippen LogP contribution in [0.25, 0.3) is 0 Å². The first-order valence-electron chi connectivity index (χ1n) is 6.98. The molecule has 1 heterocycles. The van der Waals surface area contributed by atoms with Gasteiger partial charge in [0.1, 0.15) is 0 Å². The maximum Gasteiger partial charge on any atom is 0.0700 e. The Morgan fingerprint density at radius 3 is 2.72 bits per heavy atom. The molecular formula is C16H25NO. The second-order valence-electron chi connectivity index (χ2n) is 6.00. The second-order valence-corrected chi connectivity index (χ2v) is 6.00. The van der Waals surface area contributed by atoms with E-state index in [1.54, 1.807) is 0 Å². The maximum atomic E-state index is 10.7. The number of nitrogens with one attached hydrogen (secondary N) is 1. The van der Waals surface area contributed by atoms with E-state index in [0.717, 1.165) is 25.9 Å². The van der Waals surface area contributed by atoms with E-state index in [-0.39, 0.29) is 0 Å². The van der Waals surface area contributed by atoms with Crippen LogP contribution in [0, 0.1) is 19.8 Å².